The van der Waals surface area contributed by atoms with Gasteiger partial charge in [0.05, 0.1) is 0 Å². The van der Waals surface area contributed by atoms with E-state index >= 15 is 0 Å². The molecule has 0 aromatic carbocycles. The van der Waals surface area contributed by atoms with Crippen LogP contribution in [-0.2, 0) is 0 Å². The average Bonchev–Trinajstić information content (AvgIpc) is 2.26. The van der Waals surface area contributed by atoms with Crippen molar-refractivity contribution in [3.8, 4) is 0 Å². The summed E-state index contributed by atoms with van der Waals surface area (Å²) in [6.45, 7) is 7.31. The third kappa shape index (κ3) is 4.81. The quantitative estimate of drug-likeness (QED) is 0.722. The molecule has 0 amide bonds. The molecule has 0 aromatic rings. The fourth-order valence-corrected chi connectivity index (χ4v) is 2.68. The number of nitrogens with one attached hydrogen (secondary N) is 1. The molecule has 16 heavy (non-hydrogen) atoms. The monoisotopic (exact) mass is 228 g/mol. The van der Waals surface area contributed by atoms with Gasteiger partial charge < -0.3 is 15.3 Å². The molecule has 0 aromatic heterocycles. The number of hydrogen-bond acceptors (Lipinski definition) is 3. The highest BCUT2D eigenvalue weighted by Crippen LogP contribution is 2.19. The Bertz CT molecular complexity index is 187. The second-order valence-corrected chi connectivity index (χ2v) is 5.39. The van der Waals surface area contributed by atoms with Crippen molar-refractivity contribution in [3.05, 3.63) is 0 Å². The first kappa shape index (κ1) is 13.9. The predicted molar refractivity (Wildman–Crippen MR) is 68.6 cm³/mol. The lowest BCUT2D eigenvalue weighted by atomic mass is 9.91. The molecule has 0 aliphatic carbocycles. The van der Waals surface area contributed by atoms with E-state index in [-0.39, 0.29) is 0 Å². The van der Waals surface area contributed by atoms with Gasteiger partial charge in [-0.3, -0.25) is 0 Å². The molecule has 1 heterocycles. The van der Waals surface area contributed by atoms with Crippen molar-refractivity contribution in [2.24, 2.45) is 5.92 Å². The Labute approximate surface area is 100 Å². The third-order valence-electron chi connectivity index (χ3n) is 3.71. The molecule has 3 unspecified atom stereocenters. The molecule has 3 atom stereocenters. The van der Waals surface area contributed by atoms with Gasteiger partial charge in [-0.2, -0.15) is 0 Å². The zero-order valence-electron chi connectivity index (χ0n) is 11.1. The molecule has 1 saturated heterocycles. The summed E-state index contributed by atoms with van der Waals surface area (Å²) in [6.07, 6.45) is 4.66. The summed E-state index contributed by atoms with van der Waals surface area (Å²) < 4.78 is 0. The van der Waals surface area contributed by atoms with Gasteiger partial charge in [-0.1, -0.05) is 0 Å². The normalized spacial score (nSPS) is 26.6. The third-order valence-corrected chi connectivity index (χ3v) is 3.71. The van der Waals surface area contributed by atoms with Gasteiger partial charge in [-0.25, -0.2) is 0 Å². The van der Waals surface area contributed by atoms with Crippen LogP contribution in [-0.4, -0.2) is 48.8 Å². The molecule has 3 heteroatoms. The number of hydrogen-bond donors (Lipinski definition) is 2. The smallest absolute Gasteiger partial charge is 0.0431 e. The Morgan fingerprint density at radius 2 is 2.19 bits per heavy atom. The van der Waals surface area contributed by atoms with E-state index in [9.17, 15) is 0 Å². The van der Waals surface area contributed by atoms with E-state index in [2.05, 4.69) is 31.1 Å². The SMILES string of the molecule is CC(CCCO)NC(C)C1CCCN(C)C1. The largest absolute Gasteiger partial charge is 0.396 e. The standard InChI is InChI=1S/C13H28N2O/c1-11(6-5-9-16)14-12(2)13-7-4-8-15(3)10-13/h11-14,16H,4-10H2,1-3H3. The van der Waals surface area contributed by atoms with E-state index in [0.29, 0.717) is 18.7 Å². The molecule has 0 radical (unpaired) electrons. The zero-order valence-corrected chi connectivity index (χ0v) is 11.1. The minimum atomic E-state index is 0.312. The topological polar surface area (TPSA) is 35.5 Å². The molecule has 3 nitrogen and oxygen atoms in total. The molecule has 1 rings (SSSR count). The van der Waals surface area contributed by atoms with Gasteiger partial charge in [0, 0.05) is 25.2 Å². The Balaban J connectivity index is 2.24. The van der Waals surface area contributed by atoms with Crippen molar-refractivity contribution in [1.82, 2.24) is 10.2 Å². The van der Waals surface area contributed by atoms with Crippen LogP contribution in [0.3, 0.4) is 0 Å². The number of aliphatic hydroxyl groups excluding tert-OH is 1. The van der Waals surface area contributed by atoms with E-state index < -0.39 is 0 Å². The summed E-state index contributed by atoms with van der Waals surface area (Å²) in [7, 11) is 2.22. The van der Waals surface area contributed by atoms with Gasteiger partial charge in [0.25, 0.3) is 0 Å². The van der Waals surface area contributed by atoms with Gasteiger partial charge in [0.15, 0.2) is 0 Å². The van der Waals surface area contributed by atoms with Crippen LogP contribution in [0.5, 0.6) is 0 Å². The summed E-state index contributed by atoms with van der Waals surface area (Å²) in [6, 6.07) is 1.12. The molecule has 1 aliphatic heterocycles. The van der Waals surface area contributed by atoms with Crippen LogP contribution in [0.4, 0.5) is 0 Å². The van der Waals surface area contributed by atoms with Crippen molar-refractivity contribution >= 4 is 0 Å². The Hall–Kier alpha value is -0.120. The zero-order chi connectivity index (χ0) is 12.0. The molecule has 96 valence electrons. The number of rotatable bonds is 6. The van der Waals surface area contributed by atoms with Crippen molar-refractivity contribution in [3.63, 3.8) is 0 Å². The van der Waals surface area contributed by atoms with Crippen LogP contribution in [0, 0.1) is 5.92 Å². The first-order valence-electron chi connectivity index (χ1n) is 6.69. The van der Waals surface area contributed by atoms with Crippen LogP contribution in [0.2, 0.25) is 0 Å². The highest BCUT2D eigenvalue weighted by atomic mass is 16.2. The van der Waals surface area contributed by atoms with Crippen molar-refractivity contribution in [1.29, 1.82) is 0 Å². The van der Waals surface area contributed by atoms with Gasteiger partial charge in [-0.05, 0) is 59.0 Å². The second-order valence-electron chi connectivity index (χ2n) is 5.39. The lowest BCUT2D eigenvalue weighted by Gasteiger charge is -2.35. The molecule has 1 fully saturated rings. The summed E-state index contributed by atoms with van der Waals surface area (Å²) in [4.78, 5) is 2.44. The first-order valence-corrected chi connectivity index (χ1v) is 6.69. The molecule has 0 saturated carbocycles. The number of nitrogens with zero attached hydrogens (tertiary/aromatic N) is 1. The summed E-state index contributed by atoms with van der Waals surface area (Å²) >= 11 is 0. The maximum absolute atomic E-state index is 8.80. The summed E-state index contributed by atoms with van der Waals surface area (Å²) in [5, 5.41) is 12.5. The van der Waals surface area contributed by atoms with Crippen LogP contribution in [0.25, 0.3) is 0 Å². The molecule has 0 bridgehead atoms. The molecule has 2 N–H and O–H groups in total. The van der Waals surface area contributed by atoms with E-state index in [1.807, 2.05) is 0 Å². The number of likely N-dealkylation sites (tertiary alicyclic amines) is 1. The maximum Gasteiger partial charge on any atom is 0.0431 e. The summed E-state index contributed by atoms with van der Waals surface area (Å²) in [5.74, 6) is 0.787. The average molecular weight is 228 g/mol. The molecule has 1 aliphatic rings. The lowest BCUT2D eigenvalue weighted by Crippen LogP contribution is -2.45. The van der Waals surface area contributed by atoms with Crippen molar-refractivity contribution in [2.75, 3.05) is 26.7 Å². The van der Waals surface area contributed by atoms with Crippen LogP contribution in [0.15, 0.2) is 0 Å². The van der Waals surface area contributed by atoms with E-state index in [1.165, 1.54) is 25.9 Å². The Morgan fingerprint density at radius 1 is 1.44 bits per heavy atom. The highest BCUT2D eigenvalue weighted by molar-refractivity contribution is 4.80. The predicted octanol–water partition coefficient (Wildman–Crippen LogP) is 1.47. The van der Waals surface area contributed by atoms with E-state index in [4.69, 9.17) is 5.11 Å². The number of aliphatic hydroxyl groups is 1. The number of piperidine rings is 1. The van der Waals surface area contributed by atoms with Crippen LogP contribution in [0.1, 0.15) is 39.5 Å². The summed E-state index contributed by atoms with van der Waals surface area (Å²) in [5.41, 5.74) is 0. The fourth-order valence-electron chi connectivity index (χ4n) is 2.68. The first-order chi connectivity index (χ1) is 7.63. The van der Waals surface area contributed by atoms with Gasteiger partial charge in [0.1, 0.15) is 0 Å². The molecular formula is C13H28N2O. The second kappa shape index (κ2) is 7.25. The molecule has 0 spiro atoms. The van der Waals surface area contributed by atoms with Crippen LogP contribution >= 0.6 is 0 Å². The van der Waals surface area contributed by atoms with Crippen molar-refractivity contribution < 1.29 is 5.11 Å². The van der Waals surface area contributed by atoms with Gasteiger partial charge in [0.2, 0.25) is 0 Å². The van der Waals surface area contributed by atoms with E-state index in [0.717, 1.165) is 18.8 Å². The van der Waals surface area contributed by atoms with Crippen LogP contribution < -0.4 is 5.32 Å². The lowest BCUT2D eigenvalue weighted by molar-refractivity contribution is 0.172. The maximum atomic E-state index is 8.80. The Kier molecular flexibility index (Phi) is 6.32. The van der Waals surface area contributed by atoms with Gasteiger partial charge in [-0.15, -0.1) is 0 Å². The Morgan fingerprint density at radius 3 is 2.81 bits per heavy atom. The molecular weight excluding hydrogens is 200 g/mol. The highest BCUT2D eigenvalue weighted by Gasteiger charge is 2.23. The van der Waals surface area contributed by atoms with E-state index in [1.54, 1.807) is 0 Å². The minimum Gasteiger partial charge on any atom is -0.396 e. The van der Waals surface area contributed by atoms with Gasteiger partial charge >= 0.3 is 0 Å². The minimum absolute atomic E-state index is 0.312. The fraction of sp³-hybridized carbons (Fsp3) is 1.00. The van der Waals surface area contributed by atoms with Crippen molar-refractivity contribution in [2.45, 2.75) is 51.6 Å².